The molecule has 2 rings (SSSR count). The Morgan fingerprint density at radius 3 is 2.76 bits per heavy atom. The molecule has 110 valence electrons. The second-order valence-corrected chi connectivity index (χ2v) is 4.59. The number of anilines is 2. The average molecular weight is 285 g/mol. The molecule has 1 aromatic heterocycles. The zero-order valence-corrected chi connectivity index (χ0v) is 12.4. The molecule has 0 spiro atoms. The monoisotopic (exact) mass is 285 g/mol. The van der Waals surface area contributed by atoms with E-state index in [2.05, 4.69) is 15.6 Å². The van der Waals surface area contributed by atoms with Crippen LogP contribution in [0.15, 0.2) is 36.7 Å². The van der Waals surface area contributed by atoms with Crippen molar-refractivity contribution in [2.45, 2.75) is 13.8 Å². The van der Waals surface area contributed by atoms with Gasteiger partial charge in [0.05, 0.1) is 18.4 Å². The lowest BCUT2D eigenvalue weighted by Crippen LogP contribution is -2.15. The van der Waals surface area contributed by atoms with Crippen LogP contribution in [0, 0.1) is 6.92 Å². The molecule has 0 saturated carbocycles. The quantitative estimate of drug-likeness (QED) is 0.886. The summed E-state index contributed by atoms with van der Waals surface area (Å²) in [5.74, 6) is 0.576. The van der Waals surface area contributed by atoms with Gasteiger partial charge in [0, 0.05) is 24.6 Å². The van der Waals surface area contributed by atoms with Gasteiger partial charge in [0.25, 0.3) is 5.91 Å². The Balaban J connectivity index is 2.22. The lowest BCUT2D eigenvalue weighted by Gasteiger charge is -2.12. The minimum absolute atomic E-state index is 0.188. The Bertz CT molecular complexity index is 641. The van der Waals surface area contributed by atoms with Gasteiger partial charge in [-0.2, -0.15) is 0 Å². The highest BCUT2D eigenvalue weighted by atomic mass is 16.5. The highest BCUT2D eigenvalue weighted by Gasteiger charge is 2.12. The van der Waals surface area contributed by atoms with E-state index < -0.39 is 0 Å². The third kappa shape index (κ3) is 3.51. The van der Waals surface area contributed by atoms with Crippen LogP contribution in [0.25, 0.3) is 0 Å². The summed E-state index contributed by atoms with van der Waals surface area (Å²) in [5, 5.41) is 6.06. The first-order chi connectivity index (χ1) is 10.2. The summed E-state index contributed by atoms with van der Waals surface area (Å²) in [7, 11) is 1.62. The Morgan fingerprint density at radius 2 is 2.10 bits per heavy atom. The Morgan fingerprint density at radius 1 is 1.29 bits per heavy atom. The van der Waals surface area contributed by atoms with Crippen molar-refractivity contribution >= 4 is 17.3 Å². The number of carbonyl (C=O) groups is 1. The molecule has 1 aromatic carbocycles. The van der Waals surface area contributed by atoms with Gasteiger partial charge in [-0.1, -0.05) is 0 Å². The molecule has 5 heteroatoms. The number of hydrogen-bond acceptors (Lipinski definition) is 4. The van der Waals surface area contributed by atoms with E-state index in [1.807, 2.05) is 32.0 Å². The summed E-state index contributed by atoms with van der Waals surface area (Å²) in [4.78, 5) is 16.4. The molecule has 0 aliphatic rings. The molecular formula is C16H19N3O2. The predicted octanol–water partition coefficient (Wildman–Crippen LogP) is 3.08. The molecule has 0 unspecified atom stereocenters. The van der Waals surface area contributed by atoms with Crippen LogP contribution >= 0.6 is 0 Å². The fourth-order valence-electron chi connectivity index (χ4n) is 2.01. The standard InChI is InChI=1S/C16H19N3O2/c1-4-18-15-7-8-17-10-13(15)16(20)19-14-6-5-12(21-3)9-11(14)2/h5-10H,4H2,1-3H3,(H,17,18)(H,19,20). The van der Waals surface area contributed by atoms with Crippen molar-refractivity contribution in [1.29, 1.82) is 0 Å². The van der Waals surface area contributed by atoms with Crippen molar-refractivity contribution < 1.29 is 9.53 Å². The SMILES string of the molecule is CCNc1ccncc1C(=O)Nc1ccc(OC)cc1C. The molecule has 2 N–H and O–H groups in total. The number of aryl methyl sites for hydroxylation is 1. The first kappa shape index (κ1) is 14.8. The van der Waals surface area contributed by atoms with Crippen LogP contribution in [0.1, 0.15) is 22.8 Å². The van der Waals surface area contributed by atoms with E-state index in [4.69, 9.17) is 4.74 Å². The van der Waals surface area contributed by atoms with Crippen LogP contribution in [0.3, 0.4) is 0 Å². The van der Waals surface area contributed by atoms with E-state index in [9.17, 15) is 4.79 Å². The normalized spacial score (nSPS) is 10.0. The number of nitrogens with one attached hydrogen (secondary N) is 2. The Labute approximate surface area is 124 Å². The smallest absolute Gasteiger partial charge is 0.259 e. The van der Waals surface area contributed by atoms with E-state index in [0.717, 1.165) is 29.2 Å². The number of ether oxygens (including phenoxy) is 1. The number of rotatable bonds is 5. The molecular weight excluding hydrogens is 266 g/mol. The summed E-state index contributed by atoms with van der Waals surface area (Å²) >= 11 is 0. The fraction of sp³-hybridized carbons (Fsp3) is 0.250. The maximum absolute atomic E-state index is 12.4. The number of pyridine rings is 1. The molecule has 1 heterocycles. The van der Waals surface area contributed by atoms with Gasteiger partial charge in [0.1, 0.15) is 5.75 Å². The molecule has 0 saturated heterocycles. The number of hydrogen-bond donors (Lipinski definition) is 2. The second-order valence-electron chi connectivity index (χ2n) is 4.59. The van der Waals surface area contributed by atoms with E-state index in [1.165, 1.54) is 0 Å². The van der Waals surface area contributed by atoms with Gasteiger partial charge in [-0.25, -0.2) is 0 Å². The van der Waals surface area contributed by atoms with Gasteiger partial charge in [-0.15, -0.1) is 0 Å². The molecule has 5 nitrogen and oxygen atoms in total. The van der Waals surface area contributed by atoms with Crippen LogP contribution in [-0.2, 0) is 0 Å². The molecule has 0 fully saturated rings. The number of carbonyl (C=O) groups excluding carboxylic acids is 1. The average Bonchev–Trinajstić information content (AvgIpc) is 2.50. The zero-order valence-electron chi connectivity index (χ0n) is 12.4. The minimum Gasteiger partial charge on any atom is -0.497 e. The highest BCUT2D eigenvalue weighted by Crippen LogP contribution is 2.22. The largest absolute Gasteiger partial charge is 0.497 e. The number of amides is 1. The van der Waals surface area contributed by atoms with Crippen molar-refractivity contribution in [2.75, 3.05) is 24.3 Å². The summed E-state index contributed by atoms with van der Waals surface area (Å²) in [6.45, 7) is 4.65. The number of nitrogens with zero attached hydrogens (tertiary/aromatic N) is 1. The van der Waals surface area contributed by atoms with Gasteiger partial charge >= 0.3 is 0 Å². The third-order valence-electron chi connectivity index (χ3n) is 3.11. The molecule has 1 amide bonds. The van der Waals surface area contributed by atoms with Gasteiger partial charge in [0.2, 0.25) is 0 Å². The molecule has 21 heavy (non-hydrogen) atoms. The number of methoxy groups -OCH3 is 1. The van der Waals surface area contributed by atoms with Crippen LogP contribution in [0.5, 0.6) is 5.75 Å². The first-order valence-electron chi connectivity index (χ1n) is 6.79. The Kier molecular flexibility index (Phi) is 4.77. The summed E-state index contributed by atoms with van der Waals surface area (Å²) in [6, 6.07) is 7.32. The lowest BCUT2D eigenvalue weighted by molar-refractivity contribution is 0.102. The van der Waals surface area contributed by atoms with Crippen molar-refractivity contribution in [2.24, 2.45) is 0 Å². The molecule has 0 radical (unpaired) electrons. The number of benzene rings is 1. The third-order valence-corrected chi connectivity index (χ3v) is 3.11. The van der Waals surface area contributed by atoms with Crippen LogP contribution in [0.2, 0.25) is 0 Å². The lowest BCUT2D eigenvalue weighted by atomic mass is 10.1. The molecule has 0 atom stereocenters. The maximum Gasteiger partial charge on any atom is 0.259 e. The predicted molar refractivity (Wildman–Crippen MR) is 84.1 cm³/mol. The van der Waals surface area contributed by atoms with Crippen molar-refractivity contribution in [1.82, 2.24) is 4.98 Å². The van der Waals surface area contributed by atoms with E-state index in [-0.39, 0.29) is 5.91 Å². The molecule has 2 aromatic rings. The van der Waals surface area contributed by atoms with Crippen LogP contribution in [-0.4, -0.2) is 24.5 Å². The van der Waals surface area contributed by atoms with Crippen molar-refractivity contribution in [3.8, 4) is 5.75 Å². The van der Waals surface area contributed by atoms with Gasteiger partial charge in [-0.3, -0.25) is 9.78 Å². The van der Waals surface area contributed by atoms with E-state index >= 15 is 0 Å². The topological polar surface area (TPSA) is 63.2 Å². The highest BCUT2D eigenvalue weighted by molar-refractivity contribution is 6.08. The molecule has 0 bridgehead atoms. The van der Waals surface area contributed by atoms with Gasteiger partial charge < -0.3 is 15.4 Å². The van der Waals surface area contributed by atoms with E-state index in [0.29, 0.717) is 5.56 Å². The minimum atomic E-state index is -0.188. The molecule has 0 aliphatic heterocycles. The summed E-state index contributed by atoms with van der Waals surface area (Å²) < 4.78 is 5.16. The van der Waals surface area contributed by atoms with Crippen molar-refractivity contribution in [3.63, 3.8) is 0 Å². The Hall–Kier alpha value is -2.56. The van der Waals surface area contributed by atoms with Gasteiger partial charge in [-0.05, 0) is 43.7 Å². The second kappa shape index (κ2) is 6.74. The van der Waals surface area contributed by atoms with Crippen molar-refractivity contribution in [3.05, 3.63) is 47.8 Å². The molecule has 0 aliphatic carbocycles. The summed E-state index contributed by atoms with van der Waals surface area (Å²) in [6.07, 6.45) is 3.22. The van der Waals surface area contributed by atoms with Gasteiger partial charge in [0.15, 0.2) is 0 Å². The van der Waals surface area contributed by atoms with Crippen LogP contribution in [0.4, 0.5) is 11.4 Å². The van der Waals surface area contributed by atoms with E-state index in [1.54, 1.807) is 25.6 Å². The zero-order chi connectivity index (χ0) is 15.2. The summed E-state index contributed by atoms with van der Waals surface area (Å²) in [5.41, 5.74) is 2.99. The fourth-order valence-corrected chi connectivity index (χ4v) is 2.01. The number of aromatic nitrogens is 1. The van der Waals surface area contributed by atoms with Crippen LogP contribution < -0.4 is 15.4 Å². The first-order valence-corrected chi connectivity index (χ1v) is 6.79. The maximum atomic E-state index is 12.4.